The van der Waals surface area contributed by atoms with Crippen LogP contribution in [0, 0.1) is 5.53 Å². The van der Waals surface area contributed by atoms with Crippen LogP contribution in [0.2, 0.25) is 0 Å². The molecule has 0 saturated carbocycles. The van der Waals surface area contributed by atoms with Gasteiger partial charge in [0.15, 0.2) is 0 Å². The quantitative estimate of drug-likeness (QED) is 0.275. The van der Waals surface area contributed by atoms with Crippen molar-refractivity contribution in [3.05, 3.63) is 0 Å². The molecule has 0 aliphatic carbocycles. The van der Waals surface area contributed by atoms with Crippen LogP contribution in [-0.4, -0.2) is 13.0 Å². The average Bonchev–Trinajstić information content (AvgIpc) is 1.30. The lowest BCUT2D eigenvalue weighted by Crippen LogP contribution is -1.88. The van der Waals surface area contributed by atoms with Gasteiger partial charge in [0.05, 0.1) is 0 Å². The van der Waals surface area contributed by atoms with Gasteiger partial charge in [-0.25, -0.2) is 0 Å². The molecule has 0 bridgehead atoms. The monoisotopic (exact) mass is 124 g/mol. The van der Waals surface area contributed by atoms with Crippen molar-refractivity contribution in [1.29, 1.82) is 5.53 Å². The minimum atomic E-state index is -4.40. The minimum Gasteiger partial charge on any atom is -0.263 e. The van der Waals surface area contributed by atoms with Crippen molar-refractivity contribution in [2.24, 2.45) is 4.52 Å². The van der Waals surface area contributed by atoms with Crippen LogP contribution >= 0.6 is 0 Å². The van der Waals surface area contributed by atoms with E-state index in [1.165, 1.54) is 0 Å². The Hall–Kier alpha value is -0.780. The van der Waals surface area contributed by atoms with Gasteiger partial charge in [0.25, 0.3) is 4.52 Å². The fourth-order valence-corrected chi connectivity index (χ4v) is 0.155. The zero-order valence-corrected chi connectivity index (χ0v) is 3.88. The Morgan fingerprint density at radius 3 is 2.14 bits per heavy atom. The van der Waals surface area contributed by atoms with Gasteiger partial charge in [-0.3, -0.25) is 4.55 Å². The topological polar surface area (TPSA) is 105 Å². The maximum atomic E-state index is 9.41. The van der Waals surface area contributed by atoms with Crippen LogP contribution in [0.1, 0.15) is 0 Å². The summed E-state index contributed by atoms with van der Waals surface area (Å²) >= 11 is 0. The van der Waals surface area contributed by atoms with E-state index in [4.69, 9.17) is 10.1 Å². The molecule has 2 N–H and O–H groups in total. The highest BCUT2D eigenvalue weighted by atomic mass is 32.2. The van der Waals surface area contributed by atoms with Crippen molar-refractivity contribution < 1.29 is 13.0 Å². The van der Waals surface area contributed by atoms with Gasteiger partial charge in [-0.2, -0.15) is 8.42 Å². The Labute approximate surface area is 39.3 Å². The minimum absolute atomic E-state index is 2.04. The van der Waals surface area contributed by atoms with Gasteiger partial charge in [0.2, 0.25) is 4.91 Å². The maximum absolute atomic E-state index is 9.41. The van der Waals surface area contributed by atoms with E-state index in [0.717, 1.165) is 0 Å². The molecule has 0 atom stereocenters. The zero-order valence-electron chi connectivity index (χ0n) is 3.07. The zero-order chi connectivity index (χ0) is 5.91. The van der Waals surface area contributed by atoms with Crippen molar-refractivity contribution in [3.8, 4) is 0 Å². The molecule has 6 nitrogen and oxygen atoms in total. The van der Waals surface area contributed by atoms with Crippen LogP contribution in [0.4, 0.5) is 0 Å². The summed E-state index contributed by atoms with van der Waals surface area (Å²) in [5, 5.41) is 0. The van der Waals surface area contributed by atoms with Crippen LogP contribution < -0.4 is 4.91 Å². The molecule has 0 saturated heterocycles. The number of nitrogens with one attached hydrogen (secondary N) is 1. The molecule has 7 heavy (non-hydrogen) atoms. The highest BCUT2D eigenvalue weighted by Crippen LogP contribution is 1.74. The van der Waals surface area contributed by atoms with E-state index in [2.05, 4.69) is 4.52 Å². The van der Waals surface area contributed by atoms with Crippen LogP contribution in [0.5, 0.6) is 0 Å². The normalized spacial score (nSPS) is 9.86. The van der Waals surface area contributed by atoms with Gasteiger partial charge < -0.3 is 0 Å². The van der Waals surface area contributed by atoms with Gasteiger partial charge in [-0.1, -0.05) is 0 Å². The average molecular weight is 124 g/mol. The van der Waals surface area contributed by atoms with Crippen LogP contribution in [0.15, 0.2) is 4.52 Å². The summed E-state index contributed by atoms with van der Waals surface area (Å²) in [5.74, 6) is 0. The van der Waals surface area contributed by atoms with Crippen molar-refractivity contribution in [2.75, 3.05) is 0 Å². The molecule has 7 heteroatoms. The van der Waals surface area contributed by atoms with Crippen LogP contribution in [0.25, 0.3) is 0 Å². The summed E-state index contributed by atoms with van der Waals surface area (Å²) in [5.41, 5.74) is 5.78. The molecule has 0 unspecified atom stereocenters. The standard InChI is InChI=1S/HN3O3S/c1-2-3-7(4,5)6/h1H/p+1. The van der Waals surface area contributed by atoms with E-state index in [9.17, 15) is 8.42 Å². The van der Waals surface area contributed by atoms with E-state index < -0.39 is 10.3 Å². The molecule has 0 heterocycles. The Bertz CT molecular complexity index is 182. The van der Waals surface area contributed by atoms with Gasteiger partial charge >= 0.3 is 10.3 Å². The van der Waals surface area contributed by atoms with Gasteiger partial charge in [0.1, 0.15) is 5.53 Å². The lowest BCUT2D eigenvalue weighted by Gasteiger charge is -1.61. The maximum Gasteiger partial charge on any atom is 0.450 e. The van der Waals surface area contributed by atoms with Crippen molar-refractivity contribution >= 4 is 10.3 Å². The molecule has 0 aromatic heterocycles. The fourth-order valence-electron chi connectivity index (χ4n) is 0.0516. The second-order valence-electron chi connectivity index (χ2n) is 0.629. The highest BCUT2D eigenvalue weighted by Gasteiger charge is 2.04. The first-order valence-electron chi connectivity index (χ1n) is 1.12. The molecule has 40 valence electrons. The van der Waals surface area contributed by atoms with Crippen molar-refractivity contribution in [1.82, 2.24) is 4.91 Å². The van der Waals surface area contributed by atoms with E-state index in [1.807, 2.05) is 4.91 Å². The summed E-state index contributed by atoms with van der Waals surface area (Å²) in [4.78, 5) is 2.04. The van der Waals surface area contributed by atoms with Gasteiger partial charge in [-0.05, 0) is 0 Å². The predicted octanol–water partition coefficient (Wildman–Crippen LogP) is -0.660. The first-order chi connectivity index (χ1) is 3.06. The Morgan fingerprint density at radius 1 is 1.71 bits per heavy atom. The summed E-state index contributed by atoms with van der Waals surface area (Å²) in [6, 6.07) is 0. The highest BCUT2D eigenvalue weighted by molar-refractivity contribution is 7.84. The third-order valence-electron chi connectivity index (χ3n) is 0.144. The van der Waals surface area contributed by atoms with Gasteiger partial charge in [-0.15, -0.1) is 0 Å². The smallest absolute Gasteiger partial charge is 0.263 e. The molecular weight excluding hydrogens is 122 g/mol. The van der Waals surface area contributed by atoms with E-state index in [-0.39, 0.29) is 0 Å². The molecule has 0 spiro atoms. The summed E-state index contributed by atoms with van der Waals surface area (Å²) in [7, 11) is -4.40. The molecule has 0 radical (unpaired) electrons. The lowest BCUT2D eigenvalue weighted by atomic mass is 13.0. The molecular formula is H2N3O3S+. The predicted molar refractivity (Wildman–Crippen MR) is 18.8 cm³/mol. The third-order valence-corrected chi connectivity index (χ3v) is 0.432. The van der Waals surface area contributed by atoms with Crippen molar-refractivity contribution in [2.45, 2.75) is 0 Å². The molecule has 0 aliphatic heterocycles. The summed E-state index contributed by atoms with van der Waals surface area (Å²) in [6.07, 6.45) is 0. The Morgan fingerprint density at radius 2 is 2.14 bits per heavy atom. The second-order valence-corrected chi connectivity index (χ2v) is 1.69. The first-order valence-corrected chi connectivity index (χ1v) is 2.52. The SMILES string of the molecule is N=[N+]=NS(=O)(=O)O. The largest absolute Gasteiger partial charge is 0.450 e. The van der Waals surface area contributed by atoms with E-state index in [0.29, 0.717) is 0 Å². The number of rotatable bonds is 1. The van der Waals surface area contributed by atoms with E-state index in [1.54, 1.807) is 0 Å². The molecule has 0 fully saturated rings. The number of hydrogen-bond acceptors (Lipinski definition) is 3. The molecule has 0 aromatic carbocycles. The summed E-state index contributed by atoms with van der Waals surface area (Å²) in [6.45, 7) is 0. The molecule has 0 rings (SSSR count). The fraction of sp³-hybridized carbons (Fsp3) is 0. The number of nitrogens with zero attached hydrogens (tertiary/aromatic N) is 2. The lowest BCUT2D eigenvalue weighted by molar-refractivity contribution is 0.481. The first kappa shape index (κ1) is 6.22. The molecule has 0 aliphatic rings. The number of hydrogen-bond donors (Lipinski definition) is 2. The molecule has 0 amide bonds. The third kappa shape index (κ3) is 5.22. The molecule has 0 aromatic rings. The van der Waals surface area contributed by atoms with Crippen molar-refractivity contribution in [3.63, 3.8) is 0 Å². The Kier molecular flexibility index (Phi) is 1.58. The Balaban J connectivity index is 4.44. The second kappa shape index (κ2) is 1.78. The van der Waals surface area contributed by atoms with Crippen LogP contribution in [-0.2, 0) is 10.3 Å². The summed E-state index contributed by atoms with van der Waals surface area (Å²) < 4.78 is 28.5. The van der Waals surface area contributed by atoms with Gasteiger partial charge in [0, 0.05) is 0 Å². The van der Waals surface area contributed by atoms with Crippen LogP contribution in [0.3, 0.4) is 0 Å². The van der Waals surface area contributed by atoms with E-state index >= 15 is 0 Å².